The predicted molar refractivity (Wildman–Crippen MR) is 85.0 cm³/mol. The average molecular weight is 328 g/mol. The van der Waals surface area contributed by atoms with Crippen LogP contribution in [0.15, 0.2) is 71.5 Å². The maximum atomic E-state index is 4.22. The lowest BCUT2D eigenvalue weighted by molar-refractivity contribution is 0.879. The molecule has 100 valence electrons. The molecule has 0 saturated carbocycles. The number of benzene rings is 2. The van der Waals surface area contributed by atoms with E-state index in [1.165, 1.54) is 5.56 Å². The predicted octanol–water partition coefficient (Wildman–Crippen LogP) is 4.25. The second-order valence-electron chi connectivity index (χ2n) is 4.48. The van der Waals surface area contributed by atoms with Gasteiger partial charge in [0.2, 0.25) is 0 Å². The van der Waals surface area contributed by atoms with Crippen LogP contribution in [0.25, 0.3) is 5.69 Å². The van der Waals surface area contributed by atoms with Crippen molar-refractivity contribution in [1.29, 1.82) is 0 Å². The van der Waals surface area contributed by atoms with Gasteiger partial charge >= 0.3 is 0 Å². The van der Waals surface area contributed by atoms with Gasteiger partial charge < -0.3 is 5.32 Å². The number of hydrogen-bond donors (Lipinski definition) is 1. The fourth-order valence-corrected chi connectivity index (χ4v) is 2.39. The Morgan fingerprint density at radius 2 is 1.90 bits per heavy atom. The molecule has 0 atom stereocenters. The van der Waals surface area contributed by atoms with Crippen LogP contribution in [0.5, 0.6) is 0 Å². The van der Waals surface area contributed by atoms with Crippen molar-refractivity contribution < 1.29 is 0 Å². The molecule has 0 radical (unpaired) electrons. The molecule has 1 N–H and O–H groups in total. The van der Waals surface area contributed by atoms with Gasteiger partial charge in [-0.1, -0.05) is 34.1 Å². The van der Waals surface area contributed by atoms with Crippen LogP contribution < -0.4 is 5.32 Å². The lowest BCUT2D eigenvalue weighted by atomic mass is 10.2. The first-order valence-electron chi connectivity index (χ1n) is 6.40. The Kier molecular flexibility index (Phi) is 3.83. The number of aromatic nitrogens is 2. The van der Waals surface area contributed by atoms with E-state index in [-0.39, 0.29) is 0 Å². The van der Waals surface area contributed by atoms with Crippen LogP contribution in [0, 0.1) is 0 Å². The first kappa shape index (κ1) is 12.9. The molecule has 3 rings (SSSR count). The second-order valence-corrected chi connectivity index (χ2v) is 5.40. The Hall–Kier alpha value is -2.07. The summed E-state index contributed by atoms with van der Waals surface area (Å²) in [6, 6.07) is 18.5. The average Bonchev–Trinajstić information content (AvgIpc) is 3.00. The van der Waals surface area contributed by atoms with Crippen molar-refractivity contribution in [3.63, 3.8) is 0 Å². The molecule has 0 bridgehead atoms. The van der Waals surface area contributed by atoms with Crippen molar-refractivity contribution in [3.8, 4) is 5.69 Å². The molecule has 3 nitrogen and oxygen atoms in total. The standard InChI is InChI=1S/C16H14BrN3/c17-14-3-1-4-15(11-14)18-12-13-5-7-16(8-6-13)20-10-2-9-19-20/h1-11,18H,12H2. The number of hydrogen-bond acceptors (Lipinski definition) is 2. The largest absolute Gasteiger partial charge is 0.381 e. The summed E-state index contributed by atoms with van der Waals surface area (Å²) in [5, 5.41) is 7.62. The zero-order valence-electron chi connectivity index (χ0n) is 10.8. The Labute approximate surface area is 126 Å². The van der Waals surface area contributed by atoms with Crippen LogP contribution in [0.4, 0.5) is 5.69 Å². The van der Waals surface area contributed by atoms with Gasteiger partial charge in [-0.3, -0.25) is 0 Å². The normalized spacial score (nSPS) is 10.4. The van der Waals surface area contributed by atoms with Gasteiger partial charge in [0.05, 0.1) is 5.69 Å². The number of halogens is 1. The van der Waals surface area contributed by atoms with Crippen molar-refractivity contribution in [3.05, 3.63) is 77.0 Å². The summed E-state index contributed by atoms with van der Waals surface area (Å²) in [4.78, 5) is 0. The highest BCUT2D eigenvalue weighted by molar-refractivity contribution is 9.10. The Bertz CT molecular complexity index is 675. The van der Waals surface area contributed by atoms with Crippen LogP contribution in [0.1, 0.15) is 5.56 Å². The van der Waals surface area contributed by atoms with E-state index in [1.54, 1.807) is 6.20 Å². The monoisotopic (exact) mass is 327 g/mol. The summed E-state index contributed by atoms with van der Waals surface area (Å²) in [6.45, 7) is 0.801. The zero-order chi connectivity index (χ0) is 13.8. The smallest absolute Gasteiger partial charge is 0.0645 e. The minimum Gasteiger partial charge on any atom is -0.381 e. The molecule has 0 aliphatic heterocycles. The Morgan fingerprint density at radius 1 is 1.05 bits per heavy atom. The number of anilines is 1. The van der Waals surface area contributed by atoms with Gasteiger partial charge in [-0.2, -0.15) is 5.10 Å². The minimum absolute atomic E-state index is 0.801. The molecule has 2 aromatic carbocycles. The summed E-state index contributed by atoms with van der Waals surface area (Å²) in [5.41, 5.74) is 3.41. The minimum atomic E-state index is 0.801. The van der Waals surface area contributed by atoms with Gasteiger partial charge in [-0.15, -0.1) is 0 Å². The topological polar surface area (TPSA) is 29.9 Å². The van der Waals surface area contributed by atoms with Gasteiger partial charge in [0.1, 0.15) is 0 Å². The molecule has 3 aromatic rings. The van der Waals surface area contributed by atoms with Crippen molar-refractivity contribution >= 4 is 21.6 Å². The Morgan fingerprint density at radius 3 is 2.60 bits per heavy atom. The highest BCUT2D eigenvalue weighted by Gasteiger charge is 1.98. The fraction of sp³-hybridized carbons (Fsp3) is 0.0625. The number of rotatable bonds is 4. The van der Waals surface area contributed by atoms with Crippen molar-refractivity contribution in [2.24, 2.45) is 0 Å². The van der Waals surface area contributed by atoms with Crippen LogP contribution in [-0.2, 0) is 6.54 Å². The molecule has 0 aliphatic rings. The van der Waals surface area contributed by atoms with E-state index < -0.39 is 0 Å². The molecule has 20 heavy (non-hydrogen) atoms. The van der Waals surface area contributed by atoms with Gasteiger partial charge in [0.15, 0.2) is 0 Å². The van der Waals surface area contributed by atoms with Crippen LogP contribution >= 0.6 is 15.9 Å². The summed E-state index contributed by atoms with van der Waals surface area (Å²) >= 11 is 3.47. The molecule has 4 heteroatoms. The molecule has 0 unspecified atom stereocenters. The number of nitrogens with one attached hydrogen (secondary N) is 1. The molecule has 0 aliphatic carbocycles. The van der Waals surface area contributed by atoms with Crippen molar-refractivity contribution in [1.82, 2.24) is 9.78 Å². The van der Waals surface area contributed by atoms with Crippen LogP contribution in [0.2, 0.25) is 0 Å². The van der Waals surface area contributed by atoms with E-state index in [0.29, 0.717) is 0 Å². The van der Waals surface area contributed by atoms with Gasteiger partial charge in [0.25, 0.3) is 0 Å². The van der Waals surface area contributed by atoms with Crippen LogP contribution in [0.3, 0.4) is 0 Å². The third-order valence-corrected chi connectivity index (χ3v) is 3.52. The molecule has 0 fully saturated rings. The Balaban J connectivity index is 1.67. The summed E-state index contributed by atoms with van der Waals surface area (Å²) in [5.74, 6) is 0. The molecule has 0 spiro atoms. The van der Waals surface area contributed by atoms with E-state index in [4.69, 9.17) is 0 Å². The molecule has 1 aromatic heterocycles. The first-order valence-corrected chi connectivity index (χ1v) is 7.19. The molecular weight excluding hydrogens is 314 g/mol. The zero-order valence-corrected chi connectivity index (χ0v) is 12.4. The summed E-state index contributed by atoms with van der Waals surface area (Å²) in [6.07, 6.45) is 3.72. The first-order chi connectivity index (χ1) is 9.81. The summed E-state index contributed by atoms with van der Waals surface area (Å²) < 4.78 is 2.93. The van der Waals surface area contributed by atoms with E-state index in [1.807, 2.05) is 29.1 Å². The van der Waals surface area contributed by atoms with Crippen molar-refractivity contribution in [2.45, 2.75) is 6.54 Å². The fourth-order valence-electron chi connectivity index (χ4n) is 1.99. The lowest BCUT2D eigenvalue weighted by Gasteiger charge is -2.08. The third-order valence-electron chi connectivity index (χ3n) is 3.03. The highest BCUT2D eigenvalue weighted by atomic mass is 79.9. The van der Waals surface area contributed by atoms with E-state index in [9.17, 15) is 0 Å². The van der Waals surface area contributed by atoms with Gasteiger partial charge in [-0.25, -0.2) is 4.68 Å². The van der Waals surface area contributed by atoms with E-state index in [2.05, 4.69) is 62.7 Å². The number of nitrogens with zero attached hydrogens (tertiary/aromatic N) is 2. The lowest BCUT2D eigenvalue weighted by Crippen LogP contribution is -2.00. The second kappa shape index (κ2) is 5.92. The summed E-state index contributed by atoms with van der Waals surface area (Å²) in [7, 11) is 0. The van der Waals surface area contributed by atoms with Crippen molar-refractivity contribution in [2.75, 3.05) is 5.32 Å². The van der Waals surface area contributed by atoms with E-state index in [0.717, 1.165) is 22.4 Å². The van der Waals surface area contributed by atoms with E-state index >= 15 is 0 Å². The quantitative estimate of drug-likeness (QED) is 0.776. The van der Waals surface area contributed by atoms with Gasteiger partial charge in [0, 0.05) is 29.1 Å². The SMILES string of the molecule is Brc1cccc(NCc2ccc(-n3cccn3)cc2)c1. The molecular formula is C16H14BrN3. The third kappa shape index (κ3) is 3.08. The highest BCUT2D eigenvalue weighted by Crippen LogP contribution is 2.17. The van der Waals surface area contributed by atoms with Gasteiger partial charge in [-0.05, 0) is 42.0 Å². The molecule has 0 amide bonds. The maximum Gasteiger partial charge on any atom is 0.0645 e. The van der Waals surface area contributed by atoms with Crippen LogP contribution in [-0.4, -0.2) is 9.78 Å². The molecule has 0 saturated heterocycles. The molecule has 1 heterocycles. The maximum absolute atomic E-state index is 4.22.